The van der Waals surface area contributed by atoms with E-state index in [-0.39, 0.29) is 22.4 Å². The van der Waals surface area contributed by atoms with Gasteiger partial charge in [-0.05, 0) is 66.9 Å². The number of hydrogen-bond donors (Lipinski definition) is 2. The van der Waals surface area contributed by atoms with E-state index in [1.807, 2.05) is 25.1 Å². The number of amides is 1. The Morgan fingerprint density at radius 1 is 1.23 bits per heavy atom. The number of thiocarbonyl (C=S) groups is 1. The summed E-state index contributed by atoms with van der Waals surface area (Å²) in [5.74, 6) is -0.105. The van der Waals surface area contributed by atoms with Crippen LogP contribution >= 0.6 is 23.6 Å². The molecule has 0 spiro atoms. The lowest BCUT2D eigenvalue weighted by atomic mass is 9.72. The van der Waals surface area contributed by atoms with Crippen LogP contribution in [0.2, 0.25) is 0 Å². The van der Waals surface area contributed by atoms with Crippen LogP contribution in [0.3, 0.4) is 0 Å². The average molecular weight is 445 g/mol. The molecular formula is C23H28N2O3S2. The number of rotatable bonds is 3. The molecule has 30 heavy (non-hydrogen) atoms. The van der Waals surface area contributed by atoms with Gasteiger partial charge in [0.15, 0.2) is 5.11 Å². The quantitative estimate of drug-likeness (QED) is 0.508. The number of esters is 1. The Hall–Kier alpha value is -2.25. The lowest BCUT2D eigenvalue weighted by Crippen LogP contribution is -2.34. The molecule has 0 saturated heterocycles. The minimum Gasteiger partial charge on any atom is -0.465 e. The second-order valence-electron chi connectivity index (χ2n) is 8.73. The maximum absolute atomic E-state index is 12.6. The van der Waals surface area contributed by atoms with Crippen LogP contribution in [0.15, 0.2) is 24.3 Å². The number of carbonyl (C=O) groups is 2. The normalized spacial score (nSPS) is 15.8. The molecular weight excluding hydrogens is 416 g/mol. The Balaban J connectivity index is 1.82. The van der Waals surface area contributed by atoms with E-state index in [1.54, 1.807) is 6.07 Å². The van der Waals surface area contributed by atoms with E-state index in [2.05, 4.69) is 31.4 Å². The number of anilines is 1. The molecule has 5 nitrogen and oxygen atoms in total. The second-order valence-corrected chi connectivity index (χ2v) is 10.2. The van der Waals surface area contributed by atoms with Crippen LogP contribution < -0.4 is 10.6 Å². The summed E-state index contributed by atoms with van der Waals surface area (Å²) >= 11 is 6.90. The van der Waals surface area contributed by atoms with Gasteiger partial charge in [0.1, 0.15) is 5.00 Å². The number of carbonyl (C=O) groups excluding carboxylic acids is 2. The molecule has 1 aliphatic rings. The zero-order valence-corrected chi connectivity index (χ0v) is 19.7. The summed E-state index contributed by atoms with van der Waals surface area (Å²) in [6.45, 7) is 8.65. The Bertz CT molecular complexity index is 989. The van der Waals surface area contributed by atoms with Crippen LogP contribution in [0, 0.1) is 18.3 Å². The van der Waals surface area contributed by atoms with Gasteiger partial charge in [0.05, 0.1) is 12.7 Å². The van der Waals surface area contributed by atoms with Gasteiger partial charge in [-0.3, -0.25) is 10.1 Å². The molecule has 7 heteroatoms. The molecule has 1 heterocycles. The maximum atomic E-state index is 12.6. The van der Waals surface area contributed by atoms with Crippen LogP contribution in [0.1, 0.15) is 63.9 Å². The van der Waals surface area contributed by atoms with Crippen LogP contribution in [-0.4, -0.2) is 24.1 Å². The van der Waals surface area contributed by atoms with Gasteiger partial charge in [0.25, 0.3) is 5.91 Å². The van der Waals surface area contributed by atoms with Gasteiger partial charge < -0.3 is 10.1 Å². The molecule has 0 radical (unpaired) electrons. The van der Waals surface area contributed by atoms with Gasteiger partial charge in [-0.2, -0.15) is 0 Å². The number of fused-ring (bicyclic) bond motifs is 1. The van der Waals surface area contributed by atoms with Crippen molar-refractivity contribution < 1.29 is 14.3 Å². The molecule has 0 saturated carbocycles. The van der Waals surface area contributed by atoms with Gasteiger partial charge in [-0.15, -0.1) is 11.3 Å². The monoisotopic (exact) mass is 444 g/mol. The lowest BCUT2D eigenvalue weighted by molar-refractivity contribution is 0.0600. The predicted octanol–water partition coefficient (Wildman–Crippen LogP) is 5.12. The fraction of sp³-hybridized carbons (Fsp3) is 0.435. The van der Waals surface area contributed by atoms with Crippen molar-refractivity contribution in [3.63, 3.8) is 0 Å². The maximum Gasteiger partial charge on any atom is 0.341 e. The molecule has 1 unspecified atom stereocenters. The van der Waals surface area contributed by atoms with Crippen LogP contribution in [0.25, 0.3) is 0 Å². The van der Waals surface area contributed by atoms with E-state index in [0.29, 0.717) is 22.0 Å². The van der Waals surface area contributed by atoms with Crippen molar-refractivity contribution in [2.24, 2.45) is 11.3 Å². The number of ether oxygens (including phenoxy) is 1. The van der Waals surface area contributed by atoms with E-state index in [1.165, 1.54) is 23.3 Å². The molecule has 1 amide bonds. The van der Waals surface area contributed by atoms with Crippen molar-refractivity contribution in [2.45, 2.75) is 47.0 Å². The zero-order chi connectivity index (χ0) is 22.1. The van der Waals surface area contributed by atoms with Crippen molar-refractivity contribution in [1.82, 2.24) is 5.32 Å². The summed E-state index contributed by atoms with van der Waals surface area (Å²) in [4.78, 5) is 26.3. The van der Waals surface area contributed by atoms with Crippen molar-refractivity contribution >= 4 is 45.5 Å². The van der Waals surface area contributed by atoms with Crippen LogP contribution in [-0.2, 0) is 17.6 Å². The highest BCUT2D eigenvalue weighted by Gasteiger charge is 2.34. The molecule has 0 fully saturated rings. The fourth-order valence-corrected chi connectivity index (χ4v) is 5.44. The highest BCUT2D eigenvalue weighted by molar-refractivity contribution is 7.80. The van der Waals surface area contributed by atoms with Gasteiger partial charge in [0.2, 0.25) is 0 Å². The molecule has 0 bridgehead atoms. The Morgan fingerprint density at radius 2 is 1.93 bits per heavy atom. The molecule has 3 rings (SSSR count). The molecule has 1 atom stereocenters. The van der Waals surface area contributed by atoms with Crippen molar-refractivity contribution in [1.29, 1.82) is 0 Å². The van der Waals surface area contributed by atoms with E-state index >= 15 is 0 Å². The Kier molecular flexibility index (Phi) is 6.62. The largest absolute Gasteiger partial charge is 0.465 e. The smallest absolute Gasteiger partial charge is 0.341 e. The topological polar surface area (TPSA) is 67.4 Å². The van der Waals surface area contributed by atoms with Crippen molar-refractivity contribution in [3.8, 4) is 0 Å². The van der Waals surface area contributed by atoms with E-state index in [0.717, 1.165) is 30.4 Å². The molecule has 2 N–H and O–H groups in total. The third-order valence-corrected chi connectivity index (χ3v) is 7.10. The van der Waals surface area contributed by atoms with E-state index in [9.17, 15) is 9.59 Å². The molecule has 1 aromatic carbocycles. The van der Waals surface area contributed by atoms with Gasteiger partial charge in [-0.25, -0.2) is 4.79 Å². The minimum absolute atomic E-state index is 0.166. The highest BCUT2D eigenvalue weighted by atomic mass is 32.1. The number of aryl methyl sites for hydroxylation is 1. The van der Waals surface area contributed by atoms with Crippen LogP contribution in [0.5, 0.6) is 0 Å². The number of hydrogen-bond acceptors (Lipinski definition) is 5. The van der Waals surface area contributed by atoms with E-state index < -0.39 is 0 Å². The molecule has 1 aliphatic carbocycles. The molecule has 160 valence electrons. The van der Waals surface area contributed by atoms with Gasteiger partial charge >= 0.3 is 5.97 Å². The zero-order valence-electron chi connectivity index (χ0n) is 18.0. The molecule has 1 aromatic heterocycles. The first kappa shape index (κ1) is 22.4. The first-order valence-electron chi connectivity index (χ1n) is 10.0. The van der Waals surface area contributed by atoms with Crippen molar-refractivity contribution in [2.75, 3.05) is 12.4 Å². The first-order chi connectivity index (χ1) is 14.1. The molecule has 0 aliphatic heterocycles. The number of methoxy groups -OCH3 is 1. The number of thiophene rings is 1. The van der Waals surface area contributed by atoms with Crippen molar-refractivity contribution in [3.05, 3.63) is 51.4 Å². The van der Waals surface area contributed by atoms with Gasteiger partial charge in [-0.1, -0.05) is 39.0 Å². The first-order valence-corrected chi connectivity index (χ1v) is 11.2. The lowest BCUT2D eigenvalue weighted by Gasteiger charge is -2.33. The second kappa shape index (κ2) is 8.86. The number of nitrogens with one attached hydrogen (secondary N) is 2. The Morgan fingerprint density at radius 3 is 2.57 bits per heavy atom. The summed E-state index contributed by atoms with van der Waals surface area (Å²) in [7, 11) is 1.38. The summed E-state index contributed by atoms with van der Waals surface area (Å²) in [6, 6.07) is 7.32. The third-order valence-electron chi connectivity index (χ3n) is 5.72. The average Bonchev–Trinajstić information content (AvgIpc) is 3.03. The summed E-state index contributed by atoms with van der Waals surface area (Å²) in [5.41, 5.74) is 3.22. The highest BCUT2D eigenvalue weighted by Crippen LogP contribution is 2.44. The minimum atomic E-state index is -0.378. The standard InChI is InChI=1S/C23H28N2O3S2/c1-13-8-6-7-9-15(13)19(26)24-22(29)25-20-18(21(27)28-5)16-11-10-14(23(2,3)4)12-17(16)30-20/h6-9,14H,10-12H2,1-5H3,(H2,24,25,26,29). The van der Waals surface area contributed by atoms with E-state index in [4.69, 9.17) is 17.0 Å². The summed E-state index contributed by atoms with van der Waals surface area (Å²) in [6.07, 6.45) is 2.80. The SMILES string of the molecule is COC(=O)c1c(NC(=S)NC(=O)c2ccccc2C)sc2c1CCC(C(C)(C)C)C2. The third kappa shape index (κ3) is 4.73. The van der Waals surface area contributed by atoms with Crippen LogP contribution in [0.4, 0.5) is 5.00 Å². The molecule has 2 aromatic rings. The fourth-order valence-electron chi connectivity index (χ4n) is 3.86. The summed E-state index contributed by atoms with van der Waals surface area (Å²) in [5, 5.41) is 6.59. The number of benzene rings is 1. The Labute approximate surface area is 187 Å². The summed E-state index contributed by atoms with van der Waals surface area (Å²) < 4.78 is 5.04. The van der Waals surface area contributed by atoms with Gasteiger partial charge in [0, 0.05) is 10.4 Å². The predicted molar refractivity (Wildman–Crippen MR) is 125 cm³/mol.